The largest absolute Gasteiger partial charge is 0.465 e. The number of esters is 1. The lowest BCUT2D eigenvalue weighted by molar-refractivity contribution is 0.0599. The summed E-state index contributed by atoms with van der Waals surface area (Å²) in [6, 6.07) is 4.02. The van der Waals surface area contributed by atoms with Gasteiger partial charge in [-0.25, -0.2) is 9.78 Å². The fourth-order valence-corrected chi connectivity index (χ4v) is 2.58. The van der Waals surface area contributed by atoms with Gasteiger partial charge in [0.15, 0.2) is 0 Å². The summed E-state index contributed by atoms with van der Waals surface area (Å²) in [7, 11) is 1.38. The van der Waals surface area contributed by atoms with Gasteiger partial charge in [0.2, 0.25) is 0 Å². The molecule has 1 atom stereocenters. The molecule has 0 spiro atoms. The maximum Gasteiger partial charge on any atom is 0.339 e. The first kappa shape index (κ1) is 13.8. The van der Waals surface area contributed by atoms with Crippen molar-refractivity contribution in [2.45, 2.75) is 32.2 Å². The first-order valence-electron chi connectivity index (χ1n) is 6.70. The van der Waals surface area contributed by atoms with Gasteiger partial charge in [-0.05, 0) is 38.3 Å². The van der Waals surface area contributed by atoms with Gasteiger partial charge in [0.05, 0.1) is 18.4 Å². The predicted molar refractivity (Wildman–Crippen MR) is 74.4 cm³/mol. The van der Waals surface area contributed by atoms with Crippen LogP contribution in [0.3, 0.4) is 0 Å². The molecule has 19 heavy (non-hydrogen) atoms. The smallest absolute Gasteiger partial charge is 0.339 e. The number of nitrogens with two attached hydrogens (primary N) is 1. The van der Waals surface area contributed by atoms with Gasteiger partial charge in [-0.3, -0.25) is 0 Å². The average Bonchev–Trinajstić information content (AvgIpc) is 2.46. The van der Waals surface area contributed by atoms with Crippen LogP contribution in [0.5, 0.6) is 0 Å². The van der Waals surface area contributed by atoms with E-state index in [1.165, 1.54) is 13.5 Å². The molecule has 1 saturated heterocycles. The molecule has 5 heteroatoms. The molecule has 0 aromatic carbocycles. The Morgan fingerprint density at radius 1 is 1.53 bits per heavy atom. The van der Waals surface area contributed by atoms with Crippen LogP contribution in [-0.4, -0.2) is 37.2 Å². The molecule has 0 aliphatic carbocycles. The standard InChI is InChI=1S/C14H21N3O2/c1-10-12(14(18)19-2)6-7-13(16-10)17-8-4-3-5-11(17)9-15/h6-7,11H,3-5,8-9,15H2,1-2H3. The third-order valence-electron chi connectivity index (χ3n) is 3.67. The van der Waals surface area contributed by atoms with Crippen LogP contribution in [0.25, 0.3) is 0 Å². The van der Waals surface area contributed by atoms with Gasteiger partial charge in [0, 0.05) is 19.1 Å². The van der Waals surface area contributed by atoms with Gasteiger partial charge in [0.1, 0.15) is 5.82 Å². The van der Waals surface area contributed by atoms with Crippen LogP contribution in [0.15, 0.2) is 12.1 Å². The molecule has 1 aromatic heterocycles. The quantitative estimate of drug-likeness (QED) is 0.837. The minimum Gasteiger partial charge on any atom is -0.465 e. The summed E-state index contributed by atoms with van der Waals surface area (Å²) in [6.07, 6.45) is 3.49. The molecule has 104 valence electrons. The van der Waals surface area contributed by atoms with Crippen LogP contribution in [0.2, 0.25) is 0 Å². The minimum absolute atomic E-state index is 0.342. The summed E-state index contributed by atoms with van der Waals surface area (Å²) in [4.78, 5) is 18.3. The highest BCUT2D eigenvalue weighted by molar-refractivity contribution is 5.90. The molecule has 1 fully saturated rings. The predicted octanol–water partition coefficient (Wildman–Crippen LogP) is 1.49. The van der Waals surface area contributed by atoms with Crippen molar-refractivity contribution in [1.29, 1.82) is 0 Å². The minimum atomic E-state index is -0.342. The molecule has 0 amide bonds. The van der Waals surface area contributed by atoms with E-state index in [-0.39, 0.29) is 5.97 Å². The zero-order valence-electron chi connectivity index (χ0n) is 11.6. The molecule has 1 aliphatic rings. The van der Waals surface area contributed by atoms with Gasteiger partial charge >= 0.3 is 5.97 Å². The van der Waals surface area contributed by atoms with Crippen molar-refractivity contribution in [3.63, 3.8) is 0 Å². The summed E-state index contributed by atoms with van der Waals surface area (Å²) < 4.78 is 4.73. The zero-order valence-corrected chi connectivity index (χ0v) is 11.6. The van der Waals surface area contributed by atoms with E-state index >= 15 is 0 Å². The fraction of sp³-hybridized carbons (Fsp3) is 0.571. The zero-order chi connectivity index (χ0) is 13.8. The lowest BCUT2D eigenvalue weighted by Crippen LogP contribution is -2.44. The van der Waals surface area contributed by atoms with Gasteiger partial charge < -0.3 is 15.4 Å². The Bertz CT molecular complexity index is 462. The number of piperidine rings is 1. The Morgan fingerprint density at radius 2 is 2.32 bits per heavy atom. The second-order valence-corrected chi connectivity index (χ2v) is 4.87. The summed E-state index contributed by atoms with van der Waals surface area (Å²) in [5, 5.41) is 0. The first-order chi connectivity index (χ1) is 9.17. The van der Waals surface area contributed by atoms with E-state index in [1.54, 1.807) is 6.07 Å². The van der Waals surface area contributed by atoms with E-state index in [2.05, 4.69) is 9.88 Å². The number of carbonyl (C=O) groups excluding carboxylic acids is 1. The van der Waals surface area contributed by atoms with E-state index in [1.807, 2.05) is 13.0 Å². The van der Waals surface area contributed by atoms with Crippen LogP contribution >= 0.6 is 0 Å². The number of anilines is 1. The molecule has 0 saturated carbocycles. The number of methoxy groups -OCH3 is 1. The fourth-order valence-electron chi connectivity index (χ4n) is 2.58. The van der Waals surface area contributed by atoms with E-state index < -0.39 is 0 Å². The van der Waals surface area contributed by atoms with E-state index in [0.717, 1.165) is 25.2 Å². The van der Waals surface area contributed by atoms with Crippen molar-refractivity contribution in [2.24, 2.45) is 5.73 Å². The Labute approximate surface area is 113 Å². The van der Waals surface area contributed by atoms with Crippen LogP contribution in [0, 0.1) is 6.92 Å². The van der Waals surface area contributed by atoms with Crippen LogP contribution < -0.4 is 10.6 Å². The van der Waals surface area contributed by atoms with Gasteiger partial charge in [0.25, 0.3) is 0 Å². The Hall–Kier alpha value is -1.62. The van der Waals surface area contributed by atoms with Crippen LogP contribution in [0.4, 0.5) is 5.82 Å². The van der Waals surface area contributed by atoms with E-state index in [0.29, 0.717) is 23.8 Å². The normalized spacial score (nSPS) is 19.3. The van der Waals surface area contributed by atoms with Crippen molar-refractivity contribution in [1.82, 2.24) is 4.98 Å². The molecular formula is C14H21N3O2. The Balaban J connectivity index is 2.25. The molecule has 1 unspecified atom stereocenters. The molecule has 1 aromatic rings. The topological polar surface area (TPSA) is 68.5 Å². The number of aromatic nitrogens is 1. The summed E-state index contributed by atoms with van der Waals surface area (Å²) in [5.74, 6) is 0.561. The summed E-state index contributed by atoms with van der Waals surface area (Å²) >= 11 is 0. The number of hydrogen-bond acceptors (Lipinski definition) is 5. The van der Waals surface area contributed by atoms with E-state index in [4.69, 9.17) is 10.5 Å². The summed E-state index contributed by atoms with van der Waals surface area (Å²) in [5.41, 5.74) is 7.05. The third-order valence-corrected chi connectivity index (χ3v) is 3.67. The molecule has 2 rings (SSSR count). The molecule has 2 N–H and O–H groups in total. The molecule has 0 bridgehead atoms. The number of hydrogen-bond donors (Lipinski definition) is 1. The van der Waals surface area contributed by atoms with Gasteiger partial charge in [-0.15, -0.1) is 0 Å². The maximum absolute atomic E-state index is 11.5. The molecular weight excluding hydrogens is 242 g/mol. The molecule has 1 aliphatic heterocycles. The van der Waals surface area contributed by atoms with Crippen molar-refractivity contribution in [3.05, 3.63) is 23.4 Å². The molecule has 0 radical (unpaired) electrons. The van der Waals surface area contributed by atoms with Gasteiger partial charge in [-0.2, -0.15) is 0 Å². The highest BCUT2D eigenvalue weighted by atomic mass is 16.5. The Morgan fingerprint density at radius 3 is 2.95 bits per heavy atom. The highest BCUT2D eigenvalue weighted by Crippen LogP contribution is 2.23. The SMILES string of the molecule is COC(=O)c1ccc(N2CCCCC2CN)nc1C. The van der Waals surface area contributed by atoms with Crippen molar-refractivity contribution in [3.8, 4) is 0 Å². The molecule has 5 nitrogen and oxygen atoms in total. The van der Waals surface area contributed by atoms with Crippen molar-refractivity contribution in [2.75, 3.05) is 25.1 Å². The Kier molecular flexibility index (Phi) is 4.37. The number of aryl methyl sites for hydroxylation is 1. The number of carbonyl (C=O) groups is 1. The highest BCUT2D eigenvalue weighted by Gasteiger charge is 2.23. The monoisotopic (exact) mass is 263 g/mol. The number of pyridine rings is 1. The number of rotatable bonds is 3. The average molecular weight is 263 g/mol. The first-order valence-corrected chi connectivity index (χ1v) is 6.70. The maximum atomic E-state index is 11.5. The number of nitrogens with zero attached hydrogens (tertiary/aromatic N) is 2. The molecule has 2 heterocycles. The van der Waals surface area contributed by atoms with Crippen molar-refractivity contribution < 1.29 is 9.53 Å². The third kappa shape index (κ3) is 2.87. The van der Waals surface area contributed by atoms with Crippen molar-refractivity contribution >= 4 is 11.8 Å². The lowest BCUT2D eigenvalue weighted by atomic mass is 10.0. The van der Waals surface area contributed by atoms with Crippen LogP contribution in [-0.2, 0) is 4.74 Å². The second kappa shape index (κ2) is 6.02. The second-order valence-electron chi connectivity index (χ2n) is 4.87. The van der Waals surface area contributed by atoms with E-state index in [9.17, 15) is 4.79 Å². The van der Waals surface area contributed by atoms with Crippen LogP contribution in [0.1, 0.15) is 35.3 Å². The number of ether oxygens (including phenoxy) is 1. The van der Waals surface area contributed by atoms with Gasteiger partial charge in [-0.1, -0.05) is 0 Å². The summed E-state index contributed by atoms with van der Waals surface area (Å²) in [6.45, 7) is 3.45. The lowest BCUT2D eigenvalue weighted by Gasteiger charge is -2.36.